The number of carboxylic acid groups (broad SMARTS) is 1. The second kappa shape index (κ2) is 8.90. The molecule has 0 saturated heterocycles. The van der Waals surface area contributed by atoms with E-state index in [4.69, 9.17) is 22.1 Å². The number of nitrogens with two attached hydrogens (primary N) is 1. The van der Waals surface area contributed by atoms with Crippen molar-refractivity contribution in [2.45, 2.75) is 24.2 Å². The zero-order chi connectivity index (χ0) is 20.3. The fourth-order valence-corrected chi connectivity index (χ4v) is 4.10. The summed E-state index contributed by atoms with van der Waals surface area (Å²) in [4.78, 5) is 16.3. The van der Waals surface area contributed by atoms with Gasteiger partial charge in [0.25, 0.3) is 0 Å². The van der Waals surface area contributed by atoms with Gasteiger partial charge in [-0.3, -0.25) is 0 Å². The molecule has 0 aliphatic rings. The minimum atomic E-state index is -0.975. The molecule has 28 heavy (non-hydrogen) atoms. The molecule has 0 atom stereocenters. The summed E-state index contributed by atoms with van der Waals surface area (Å²) < 4.78 is 5.59. The summed E-state index contributed by atoms with van der Waals surface area (Å²) in [7, 11) is 1.63. The molecule has 0 fully saturated rings. The Bertz CT molecular complexity index is 1020. The van der Waals surface area contributed by atoms with Gasteiger partial charge in [0.15, 0.2) is 0 Å². The van der Waals surface area contributed by atoms with E-state index in [0.29, 0.717) is 28.9 Å². The molecule has 0 radical (unpaired) electrons. The lowest BCUT2D eigenvalue weighted by Gasteiger charge is -2.12. The highest BCUT2D eigenvalue weighted by Gasteiger charge is 2.22. The summed E-state index contributed by atoms with van der Waals surface area (Å²) in [5.41, 5.74) is 9.21. The van der Waals surface area contributed by atoms with Gasteiger partial charge in [-0.15, -0.1) is 11.8 Å². The number of methoxy groups -OCH3 is 1. The quantitative estimate of drug-likeness (QED) is 0.345. The van der Waals surface area contributed by atoms with Crippen LogP contribution >= 0.6 is 23.4 Å². The van der Waals surface area contributed by atoms with E-state index in [9.17, 15) is 9.90 Å². The lowest BCUT2D eigenvalue weighted by Crippen LogP contribution is -2.01. The monoisotopic (exact) mass is 418 g/mol. The van der Waals surface area contributed by atoms with Crippen molar-refractivity contribution in [1.82, 2.24) is 4.98 Å². The highest BCUT2D eigenvalue weighted by Crippen LogP contribution is 2.41. The van der Waals surface area contributed by atoms with E-state index in [2.05, 4.69) is 11.1 Å². The van der Waals surface area contributed by atoms with E-state index in [1.807, 2.05) is 18.4 Å². The Morgan fingerprint density at radius 3 is 2.71 bits per heavy atom. The van der Waals surface area contributed by atoms with Crippen LogP contribution in [0.5, 0.6) is 5.75 Å². The Hall–Kier alpha value is -2.15. The fraction of sp³-hybridized carbons (Fsp3) is 0.286. The third-order valence-electron chi connectivity index (χ3n) is 4.80. The first-order valence-corrected chi connectivity index (χ1v) is 10.6. The Labute approximate surface area is 173 Å². The van der Waals surface area contributed by atoms with Crippen molar-refractivity contribution < 1.29 is 14.6 Å². The van der Waals surface area contributed by atoms with Crippen molar-refractivity contribution >= 4 is 40.2 Å². The highest BCUT2D eigenvalue weighted by molar-refractivity contribution is 7.98. The van der Waals surface area contributed by atoms with Gasteiger partial charge in [0.05, 0.1) is 28.9 Å². The SMILES string of the molecule is COc1ccc(SC)cc1-c1[nH]c2c(Cl)ccc(C(=O)O)c2c1CCCCN. The summed E-state index contributed by atoms with van der Waals surface area (Å²) in [5, 5.41) is 10.9. The van der Waals surface area contributed by atoms with Crippen molar-refractivity contribution in [3.63, 3.8) is 0 Å². The average molecular weight is 419 g/mol. The maximum Gasteiger partial charge on any atom is 0.336 e. The van der Waals surface area contributed by atoms with E-state index < -0.39 is 5.97 Å². The van der Waals surface area contributed by atoms with Crippen molar-refractivity contribution in [1.29, 1.82) is 0 Å². The second-order valence-corrected chi connectivity index (χ2v) is 7.73. The van der Waals surface area contributed by atoms with Gasteiger partial charge in [0, 0.05) is 15.8 Å². The number of carboxylic acids is 1. The summed E-state index contributed by atoms with van der Waals surface area (Å²) >= 11 is 8.06. The van der Waals surface area contributed by atoms with Crippen LogP contribution in [0.3, 0.4) is 0 Å². The zero-order valence-electron chi connectivity index (χ0n) is 15.8. The zero-order valence-corrected chi connectivity index (χ0v) is 17.4. The second-order valence-electron chi connectivity index (χ2n) is 6.44. The molecule has 0 amide bonds. The normalized spacial score (nSPS) is 11.1. The molecule has 7 heteroatoms. The number of rotatable bonds is 8. The number of fused-ring (bicyclic) bond motifs is 1. The van der Waals surface area contributed by atoms with Crippen LogP contribution in [0.15, 0.2) is 35.2 Å². The van der Waals surface area contributed by atoms with Crippen molar-refractivity contribution in [3.8, 4) is 17.0 Å². The number of carbonyl (C=O) groups is 1. The number of benzene rings is 2. The smallest absolute Gasteiger partial charge is 0.336 e. The molecule has 0 aliphatic heterocycles. The number of aryl methyl sites for hydroxylation is 1. The predicted molar refractivity (Wildman–Crippen MR) is 116 cm³/mol. The van der Waals surface area contributed by atoms with E-state index in [-0.39, 0.29) is 5.56 Å². The van der Waals surface area contributed by atoms with Gasteiger partial charge in [0.2, 0.25) is 0 Å². The molecular weight excluding hydrogens is 396 g/mol. The molecule has 0 saturated carbocycles. The number of halogens is 1. The molecule has 5 nitrogen and oxygen atoms in total. The van der Waals surface area contributed by atoms with Crippen LogP contribution in [0.25, 0.3) is 22.2 Å². The molecule has 148 valence electrons. The maximum absolute atomic E-state index is 11.9. The molecule has 4 N–H and O–H groups in total. The van der Waals surface area contributed by atoms with Gasteiger partial charge in [-0.2, -0.15) is 0 Å². The van der Waals surface area contributed by atoms with Crippen LogP contribution in [-0.2, 0) is 6.42 Å². The van der Waals surface area contributed by atoms with Gasteiger partial charge >= 0.3 is 5.97 Å². The molecule has 1 aromatic heterocycles. The minimum Gasteiger partial charge on any atom is -0.496 e. The molecule has 0 spiro atoms. The number of unbranched alkanes of at least 4 members (excludes halogenated alkanes) is 1. The van der Waals surface area contributed by atoms with Crippen LogP contribution in [0.1, 0.15) is 28.8 Å². The minimum absolute atomic E-state index is 0.240. The molecule has 0 bridgehead atoms. The molecule has 3 rings (SSSR count). The standard InChI is InChI=1S/C21H23ClN2O3S/c1-27-17-9-6-12(28-2)11-15(17)19-13(5-3-4-10-23)18-14(21(25)26)7-8-16(22)20(18)24-19/h6-9,11,24H,3-5,10,23H2,1-2H3,(H,25,26). The molecule has 1 heterocycles. The van der Waals surface area contributed by atoms with Crippen molar-refractivity contribution in [2.75, 3.05) is 19.9 Å². The highest BCUT2D eigenvalue weighted by atomic mass is 35.5. The number of H-pyrrole nitrogens is 1. The predicted octanol–water partition coefficient (Wildman–Crippen LogP) is 5.20. The van der Waals surface area contributed by atoms with Gasteiger partial charge in [-0.1, -0.05) is 11.6 Å². The van der Waals surface area contributed by atoms with Crippen molar-refractivity contribution in [2.24, 2.45) is 5.73 Å². The van der Waals surface area contributed by atoms with E-state index in [0.717, 1.165) is 40.3 Å². The lowest BCUT2D eigenvalue weighted by atomic mass is 9.97. The molecule has 2 aromatic carbocycles. The summed E-state index contributed by atoms with van der Waals surface area (Å²) in [6.45, 7) is 0.593. The third kappa shape index (κ3) is 3.85. The van der Waals surface area contributed by atoms with Crippen LogP contribution in [0.4, 0.5) is 0 Å². The Morgan fingerprint density at radius 2 is 2.07 bits per heavy atom. The number of thioether (sulfide) groups is 1. The molecule has 3 aromatic rings. The number of aromatic amines is 1. The van der Waals surface area contributed by atoms with Crippen LogP contribution < -0.4 is 10.5 Å². The number of hydrogen-bond donors (Lipinski definition) is 3. The largest absolute Gasteiger partial charge is 0.496 e. The first-order chi connectivity index (χ1) is 13.5. The fourth-order valence-electron chi connectivity index (χ4n) is 3.45. The average Bonchev–Trinajstić information content (AvgIpc) is 3.08. The van der Waals surface area contributed by atoms with Crippen LogP contribution in [0.2, 0.25) is 5.02 Å². The Morgan fingerprint density at radius 1 is 1.29 bits per heavy atom. The number of hydrogen-bond acceptors (Lipinski definition) is 4. The van der Waals surface area contributed by atoms with E-state index >= 15 is 0 Å². The van der Waals surface area contributed by atoms with E-state index in [1.165, 1.54) is 0 Å². The van der Waals surface area contributed by atoms with Gasteiger partial charge in [0.1, 0.15) is 5.75 Å². The molecule has 0 aliphatic carbocycles. The topological polar surface area (TPSA) is 88.3 Å². The number of ether oxygens (including phenoxy) is 1. The number of aromatic carboxylic acids is 1. The van der Waals surface area contributed by atoms with Crippen molar-refractivity contribution in [3.05, 3.63) is 46.5 Å². The van der Waals surface area contributed by atoms with Crippen LogP contribution in [0, 0.1) is 0 Å². The van der Waals surface area contributed by atoms with Gasteiger partial charge in [-0.25, -0.2) is 4.79 Å². The number of nitrogens with one attached hydrogen (secondary N) is 1. The number of aromatic nitrogens is 1. The van der Waals surface area contributed by atoms with Crippen LogP contribution in [-0.4, -0.2) is 36.0 Å². The Kier molecular flexibility index (Phi) is 6.54. The lowest BCUT2D eigenvalue weighted by molar-refractivity contribution is 0.0699. The summed E-state index contributed by atoms with van der Waals surface area (Å²) in [5.74, 6) is -0.255. The Balaban J connectivity index is 2.33. The molecule has 0 unspecified atom stereocenters. The van der Waals surface area contributed by atoms with Gasteiger partial charge < -0.3 is 20.6 Å². The maximum atomic E-state index is 11.9. The first kappa shape index (κ1) is 20.6. The first-order valence-electron chi connectivity index (χ1n) is 9.00. The summed E-state index contributed by atoms with van der Waals surface area (Å²) in [6, 6.07) is 9.16. The van der Waals surface area contributed by atoms with Gasteiger partial charge in [-0.05, 0) is 68.0 Å². The summed E-state index contributed by atoms with van der Waals surface area (Å²) in [6.07, 6.45) is 4.42. The van der Waals surface area contributed by atoms with E-state index in [1.54, 1.807) is 31.0 Å². The third-order valence-corrected chi connectivity index (χ3v) is 5.84. The molecular formula is C21H23ClN2O3S.